The van der Waals surface area contributed by atoms with Gasteiger partial charge in [-0.25, -0.2) is 22.8 Å². The van der Waals surface area contributed by atoms with Crippen molar-refractivity contribution < 1.29 is 27.0 Å². The minimum Gasteiger partial charge on any atom is -0.362 e. The number of sulfonamides is 1. The van der Waals surface area contributed by atoms with Crippen LogP contribution >= 0.6 is 12.2 Å². The minimum atomic E-state index is -3.70. The quantitative estimate of drug-likeness (QED) is 0.134. The van der Waals surface area contributed by atoms with Gasteiger partial charge in [0.05, 0.1) is 11.4 Å². The number of carbonyl (C=O) groups excluding carboxylic acids is 1. The number of rotatable bonds is 11. The lowest BCUT2D eigenvalue weighted by molar-refractivity contribution is -1.10. The Labute approximate surface area is 218 Å². The first-order chi connectivity index (χ1) is 17.1. The van der Waals surface area contributed by atoms with Crippen LogP contribution in [-0.4, -0.2) is 43.6 Å². The number of ether oxygens (including phenoxy) is 1. The first kappa shape index (κ1) is 26.5. The van der Waals surface area contributed by atoms with Crippen molar-refractivity contribution >= 4 is 39.0 Å². The molecule has 2 unspecified atom stereocenters. The van der Waals surface area contributed by atoms with E-state index in [9.17, 15) is 13.2 Å². The first-order valence-corrected chi connectivity index (χ1v) is 14.3. The molecule has 2 atom stereocenters. The second-order valence-electron chi connectivity index (χ2n) is 9.73. The molecule has 3 heterocycles. The van der Waals surface area contributed by atoms with Crippen LogP contribution in [-0.2, 0) is 31.9 Å². The summed E-state index contributed by atoms with van der Waals surface area (Å²) in [7, 11) is -3.70. The van der Waals surface area contributed by atoms with Gasteiger partial charge >= 0.3 is 11.8 Å². The van der Waals surface area contributed by atoms with Crippen molar-refractivity contribution in [2.24, 2.45) is 5.14 Å². The van der Waals surface area contributed by atoms with Crippen LogP contribution in [0.25, 0.3) is 0 Å². The number of quaternary nitrogens is 1. The van der Waals surface area contributed by atoms with Gasteiger partial charge in [0.1, 0.15) is 6.92 Å². The number of fused-ring (bicyclic) bond motifs is 3. The maximum Gasteiger partial charge on any atom is 0.453 e. The van der Waals surface area contributed by atoms with E-state index in [1.54, 1.807) is 12.1 Å². The van der Waals surface area contributed by atoms with Crippen LogP contribution in [0.15, 0.2) is 53.6 Å². The number of hydrogen-bond donors (Lipinski definition) is 3. The van der Waals surface area contributed by atoms with Crippen molar-refractivity contribution in [1.82, 2.24) is 5.32 Å². The molecule has 0 aliphatic carbocycles. The van der Waals surface area contributed by atoms with Crippen molar-refractivity contribution in [2.45, 2.75) is 62.7 Å². The Balaban J connectivity index is 1.10. The van der Waals surface area contributed by atoms with Crippen molar-refractivity contribution in [1.29, 1.82) is 0 Å². The van der Waals surface area contributed by atoms with Gasteiger partial charge in [-0.15, -0.1) is 4.57 Å². The van der Waals surface area contributed by atoms with Crippen LogP contribution in [0.4, 0.5) is 5.69 Å². The Bertz CT molecular complexity index is 1220. The van der Waals surface area contributed by atoms with E-state index in [0.717, 1.165) is 58.2 Å². The number of anilines is 1. The maximum atomic E-state index is 12.2. The summed E-state index contributed by atoms with van der Waals surface area (Å²) in [6.45, 7) is 5.02. The molecule has 1 aromatic heterocycles. The predicted molar refractivity (Wildman–Crippen MR) is 140 cm³/mol. The van der Waals surface area contributed by atoms with E-state index in [1.165, 1.54) is 17.8 Å². The second kappa shape index (κ2) is 10.8. The topological polar surface area (TPSA) is 114 Å². The van der Waals surface area contributed by atoms with Crippen molar-refractivity contribution in [3.8, 4) is 0 Å². The molecule has 36 heavy (non-hydrogen) atoms. The van der Waals surface area contributed by atoms with E-state index in [4.69, 9.17) is 22.1 Å². The van der Waals surface area contributed by atoms with Gasteiger partial charge in [-0.3, -0.25) is 0 Å². The molecule has 194 valence electrons. The number of nitrogens with two attached hydrogens (primary N) is 1. The summed E-state index contributed by atoms with van der Waals surface area (Å²) in [5, 5.41) is 11.8. The Morgan fingerprint density at radius 3 is 2.50 bits per heavy atom. The highest BCUT2D eigenvalue weighted by molar-refractivity contribution is 7.89. The molecule has 4 N–H and O–H groups in total. The van der Waals surface area contributed by atoms with Gasteiger partial charge in [0.2, 0.25) is 15.7 Å². The number of hydrogen-bond acceptors (Lipinski definition) is 5. The van der Waals surface area contributed by atoms with Gasteiger partial charge in [0.15, 0.2) is 24.4 Å². The first-order valence-electron chi connectivity index (χ1n) is 12.4. The van der Waals surface area contributed by atoms with Crippen LogP contribution in [0.1, 0.15) is 51.1 Å². The number of primary sulfonamides is 1. The SMILES string of the molecule is CC12OC(=O)C[N+]1(CCCCCCCCNC(=S)Nc1ccc(S(N)(=O)=O)cc1)Cc1cccc[n+]12. The fourth-order valence-electron chi connectivity index (χ4n) is 5.26. The molecule has 1 fully saturated rings. The van der Waals surface area contributed by atoms with E-state index < -0.39 is 15.9 Å². The lowest BCUT2D eigenvalue weighted by Crippen LogP contribution is -2.65. The molecule has 4 rings (SSSR count). The molecule has 0 amide bonds. The molecule has 2 aliphatic rings. The summed E-state index contributed by atoms with van der Waals surface area (Å²) >= 11 is 5.31. The van der Waals surface area contributed by atoms with Gasteiger partial charge in [-0.1, -0.05) is 19.3 Å². The number of nitrogens with zero attached hydrogens (tertiary/aromatic N) is 2. The number of benzene rings is 1. The third-order valence-electron chi connectivity index (χ3n) is 7.21. The zero-order chi connectivity index (χ0) is 25.8. The van der Waals surface area contributed by atoms with E-state index in [1.807, 2.05) is 25.3 Å². The Hall–Kier alpha value is -2.60. The molecule has 0 saturated carbocycles. The zero-order valence-corrected chi connectivity index (χ0v) is 22.2. The van der Waals surface area contributed by atoms with E-state index in [0.29, 0.717) is 21.8 Å². The fraction of sp³-hybridized carbons (Fsp3) is 0.480. The van der Waals surface area contributed by atoms with Crippen LogP contribution in [0, 0.1) is 0 Å². The van der Waals surface area contributed by atoms with Crippen molar-refractivity contribution in [3.05, 3.63) is 54.4 Å². The molecule has 0 spiro atoms. The van der Waals surface area contributed by atoms with Crippen molar-refractivity contribution in [2.75, 3.05) is 25.0 Å². The van der Waals surface area contributed by atoms with Gasteiger partial charge in [0, 0.05) is 24.4 Å². The van der Waals surface area contributed by atoms with Crippen LogP contribution in [0.2, 0.25) is 0 Å². The van der Waals surface area contributed by atoms with E-state index in [-0.39, 0.29) is 10.9 Å². The minimum absolute atomic E-state index is 0.0665. The summed E-state index contributed by atoms with van der Waals surface area (Å²) in [6, 6.07) is 12.3. The molecule has 1 aromatic carbocycles. The van der Waals surface area contributed by atoms with E-state index >= 15 is 0 Å². The summed E-state index contributed by atoms with van der Waals surface area (Å²) in [4.78, 5) is 12.3. The summed E-state index contributed by atoms with van der Waals surface area (Å²) in [6.07, 6.45) is 8.65. The number of esters is 1. The molecule has 0 bridgehead atoms. The molecule has 0 radical (unpaired) electrons. The maximum absolute atomic E-state index is 12.2. The van der Waals surface area contributed by atoms with Gasteiger partial charge in [0.25, 0.3) is 0 Å². The average Bonchev–Trinajstić information content (AvgIpc) is 3.20. The van der Waals surface area contributed by atoms with Crippen LogP contribution in [0.3, 0.4) is 0 Å². The lowest BCUT2D eigenvalue weighted by atomic mass is 10.1. The monoisotopic (exact) mass is 533 g/mol. The lowest BCUT2D eigenvalue weighted by Gasteiger charge is -2.32. The Morgan fingerprint density at radius 1 is 1.08 bits per heavy atom. The summed E-state index contributed by atoms with van der Waals surface area (Å²) < 4.78 is 31.3. The highest BCUT2D eigenvalue weighted by Gasteiger charge is 2.70. The molecule has 11 heteroatoms. The smallest absolute Gasteiger partial charge is 0.362 e. The molecule has 9 nitrogen and oxygen atoms in total. The van der Waals surface area contributed by atoms with Gasteiger partial charge in [-0.05, 0) is 61.8 Å². The van der Waals surface area contributed by atoms with Crippen LogP contribution in [0.5, 0.6) is 0 Å². The number of aromatic nitrogens is 1. The number of thiocarbonyl (C=S) groups is 1. The van der Waals surface area contributed by atoms with Gasteiger partial charge < -0.3 is 15.4 Å². The Kier molecular flexibility index (Phi) is 7.93. The molecular formula is C25H35N5O4S2+2. The molecule has 2 aliphatic heterocycles. The van der Waals surface area contributed by atoms with Gasteiger partial charge in [-0.2, -0.15) is 0 Å². The zero-order valence-electron chi connectivity index (χ0n) is 20.6. The number of pyridine rings is 1. The molecule has 2 aromatic rings. The average molecular weight is 534 g/mol. The molecular weight excluding hydrogens is 498 g/mol. The largest absolute Gasteiger partial charge is 0.453 e. The number of nitrogens with one attached hydrogen (secondary N) is 2. The fourth-order valence-corrected chi connectivity index (χ4v) is 5.99. The summed E-state index contributed by atoms with van der Waals surface area (Å²) in [5.74, 6) is -0.740. The molecule has 1 saturated heterocycles. The summed E-state index contributed by atoms with van der Waals surface area (Å²) in [5.41, 5.74) is 1.92. The Morgan fingerprint density at radius 2 is 1.78 bits per heavy atom. The highest BCUT2D eigenvalue weighted by Crippen LogP contribution is 2.40. The third-order valence-corrected chi connectivity index (χ3v) is 8.39. The third kappa shape index (κ3) is 5.69. The standard InChI is InChI=1S/C25H34N5O4S2/c1-25-29-16-8-6-10-21(29)18-30(25,19-23(31)34-25)17-9-5-3-2-4-7-15-27-24(35)28-20-11-13-22(14-12-20)36(26,32)33/h6,8,10-14,16H,2-5,7,9,15,17-19H2,1H3,(H3-,26,27,28,32,33,35)/q+1/p+1. The highest BCUT2D eigenvalue weighted by atomic mass is 32.2. The number of carbonyl (C=O) groups is 1. The second-order valence-corrected chi connectivity index (χ2v) is 11.7. The number of unbranched alkanes of at least 4 members (excludes halogenated alkanes) is 5. The van der Waals surface area contributed by atoms with E-state index in [2.05, 4.69) is 21.3 Å². The normalized spacial score (nSPS) is 22.6. The van der Waals surface area contributed by atoms with Crippen LogP contribution < -0.4 is 20.3 Å². The predicted octanol–water partition coefficient (Wildman–Crippen LogP) is 2.47. The van der Waals surface area contributed by atoms with Crippen molar-refractivity contribution in [3.63, 3.8) is 0 Å².